The predicted octanol–water partition coefficient (Wildman–Crippen LogP) is 5.34. The van der Waals surface area contributed by atoms with E-state index in [0.717, 1.165) is 10.4 Å². The highest BCUT2D eigenvalue weighted by atomic mass is 32.1. The third-order valence-electron chi connectivity index (χ3n) is 4.53. The minimum atomic E-state index is -0.448. The lowest BCUT2D eigenvalue weighted by molar-refractivity contribution is 0.0528. The average Bonchev–Trinajstić information content (AvgIpc) is 3.17. The number of esters is 1. The van der Waals surface area contributed by atoms with E-state index in [1.54, 1.807) is 38.3 Å². The third-order valence-corrected chi connectivity index (χ3v) is 5.77. The van der Waals surface area contributed by atoms with Crippen LogP contribution in [0.25, 0.3) is 0 Å². The van der Waals surface area contributed by atoms with Gasteiger partial charge in [0.05, 0.1) is 19.3 Å². The molecule has 0 spiro atoms. The maximum Gasteiger partial charge on any atom is 0.341 e. The minimum absolute atomic E-state index is 0.0804. The molecule has 0 bridgehead atoms. The fourth-order valence-electron chi connectivity index (χ4n) is 2.92. The van der Waals surface area contributed by atoms with Crippen LogP contribution in [0.3, 0.4) is 0 Å². The summed E-state index contributed by atoms with van der Waals surface area (Å²) in [6.45, 7) is 4.09. The maximum absolute atomic E-state index is 12.8. The number of hydrogen-bond donors (Lipinski definition) is 1. The minimum Gasteiger partial charge on any atom is -0.497 e. The molecular formula is C23H23NO4S. The molecule has 29 heavy (non-hydrogen) atoms. The van der Waals surface area contributed by atoms with E-state index in [-0.39, 0.29) is 18.4 Å². The smallest absolute Gasteiger partial charge is 0.341 e. The number of carbonyl (C=O) groups excluding carboxylic acids is 2. The third kappa shape index (κ3) is 4.84. The van der Waals surface area contributed by atoms with Crippen molar-refractivity contribution >= 4 is 28.2 Å². The van der Waals surface area contributed by atoms with Crippen LogP contribution in [0.5, 0.6) is 5.75 Å². The average molecular weight is 410 g/mol. The van der Waals surface area contributed by atoms with Crippen molar-refractivity contribution in [1.82, 2.24) is 0 Å². The fourth-order valence-corrected chi connectivity index (χ4v) is 4.04. The Hall–Kier alpha value is -3.12. The molecule has 6 heteroatoms. The van der Waals surface area contributed by atoms with Gasteiger partial charge in [-0.1, -0.05) is 43.3 Å². The van der Waals surface area contributed by atoms with E-state index in [9.17, 15) is 9.59 Å². The summed E-state index contributed by atoms with van der Waals surface area (Å²) in [5, 5.41) is 3.35. The zero-order valence-corrected chi connectivity index (χ0v) is 17.4. The number of anilines is 1. The SMILES string of the molecule is CCOC(=O)c1cc(C(C)c2ccccc2)sc1NC(=O)c1cccc(OC)c1. The molecule has 2 aromatic carbocycles. The molecule has 0 aliphatic carbocycles. The molecule has 1 N–H and O–H groups in total. The van der Waals surface area contributed by atoms with E-state index in [1.165, 1.54) is 11.3 Å². The first-order valence-electron chi connectivity index (χ1n) is 9.34. The van der Waals surface area contributed by atoms with Crippen LogP contribution in [-0.4, -0.2) is 25.6 Å². The van der Waals surface area contributed by atoms with Gasteiger partial charge < -0.3 is 14.8 Å². The number of hydrogen-bond acceptors (Lipinski definition) is 5. The van der Waals surface area contributed by atoms with E-state index < -0.39 is 5.97 Å². The van der Waals surface area contributed by atoms with Crippen molar-refractivity contribution in [3.63, 3.8) is 0 Å². The van der Waals surface area contributed by atoms with Crippen LogP contribution in [0.15, 0.2) is 60.7 Å². The second kappa shape index (κ2) is 9.39. The van der Waals surface area contributed by atoms with E-state index >= 15 is 0 Å². The number of nitrogens with one attached hydrogen (secondary N) is 1. The van der Waals surface area contributed by atoms with Gasteiger partial charge in [0.15, 0.2) is 0 Å². The van der Waals surface area contributed by atoms with Crippen molar-refractivity contribution in [2.45, 2.75) is 19.8 Å². The monoisotopic (exact) mass is 409 g/mol. The largest absolute Gasteiger partial charge is 0.497 e. The van der Waals surface area contributed by atoms with Crippen molar-refractivity contribution in [2.75, 3.05) is 19.0 Å². The Morgan fingerprint density at radius 1 is 1.07 bits per heavy atom. The molecule has 1 unspecified atom stereocenters. The number of benzene rings is 2. The molecule has 1 atom stereocenters. The number of methoxy groups -OCH3 is 1. The highest BCUT2D eigenvalue weighted by molar-refractivity contribution is 7.16. The van der Waals surface area contributed by atoms with Crippen molar-refractivity contribution in [3.05, 3.63) is 82.2 Å². The second-order valence-corrected chi connectivity index (χ2v) is 7.51. The van der Waals surface area contributed by atoms with Gasteiger partial charge in [0.2, 0.25) is 0 Å². The highest BCUT2D eigenvalue weighted by Crippen LogP contribution is 2.36. The first kappa shape index (κ1) is 20.6. The number of rotatable bonds is 7. The Balaban J connectivity index is 1.92. The van der Waals surface area contributed by atoms with E-state index in [0.29, 0.717) is 21.9 Å². The van der Waals surface area contributed by atoms with Crippen molar-refractivity contribution < 1.29 is 19.1 Å². The summed E-state index contributed by atoms with van der Waals surface area (Å²) in [7, 11) is 1.55. The Bertz CT molecular complexity index is 997. The van der Waals surface area contributed by atoms with Gasteiger partial charge in [-0.15, -0.1) is 11.3 Å². The summed E-state index contributed by atoms with van der Waals surface area (Å²) < 4.78 is 10.4. The van der Waals surface area contributed by atoms with Gasteiger partial charge in [0.25, 0.3) is 5.91 Å². The normalized spacial score (nSPS) is 11.6. The number of ether oxygens (including phenoxy) is 2. The van der Waals surface area contributed by atoms with Gasteiger partial charge in [-0.2, -0.15) is 0 Å². The summed E-state index contributed by atoms with van der Waals surface area (Å²) in [5.74, 6) is -0.0869. The molecule has 0 saturated heterocycles. The molecule has 0 aliphatic heterocycles. The van der Waals surface area contributed by atoms with Gasteiger partial charge in [0, 0.05) is 16.4 Å². The van der Waals surface area contributed by atoms with Crippen LogP contribution in [0.2, 0.25) is 0 Å². The molecule has 0 radical (unpaired) electrons. The predicted molar refractivity (Wildman–Crippen MR) is 115 cm³/mol. The van der Waals surface area contributed by atoms with Crippen LogP contribution in [0.4, 0.5) is 5.00 Å². The first-order chi connectivity index (χ1) is 14.0. The Morgan fingerprint density at radius 3 is 2.52 bits per heavy atom. The zero-order valence-electron chi connectivity index (χ0n) is 16.6. The molecule has 3 aromatic rings. The van der Waals surface area contributed by atoms with Crippen molar-refractivity contribution in [2.24, 2.45) is 0 Å². The molecule has 150 valence electrons. The standard InChI is InChI=1S/C23H23NO4S/c1-4-28-23(26)19-14-20(15(2)16-9-6-5-7-10-16)29-22(19)24-21(25)17-11-8-12-18(13-17)27-3/h5-15H,4H2,1-3H3,(H,24,25). The summed E-state index contributed by atoms with van der Waals surface area (Å²) in [4.78, 5) is 26.2. The molecule has 0 saturated carbocycles. The number of amides is 1. The number of thiophene rings is 1. The second-order valence-electron chi connectivity index (χ2n) is 6.43. The van der Waals surface area contributed by atoms with E-state index in [2.05, 4.69) is 12.2 Å². The van der Waals surface area contributed by atoms with Crippen molar-refractivity contribution in [3.8, 4) is 5.75 Å². The molecule has 1 aromatic heterocycles. The van der Waals surface area contributed by atoms with Gasteiger partial charge in [-0.25, -0.2) is 4.79 Å². The van der Waals surface area contributed by atoms with Gasteiger partial charge in [0.1, 0.15) is 10.8 Å². The first-order valence-corrected chi connectivity index (χ1v) is 10.2. The lowest BCUT2D eigenvalue weighted by atomic mass is 9.99. The Labute approximate surface area is 174 Å². The quantitative estimate of drug-likeness (QED) is 0.535. The summed E-state index contributed by atoms with van der Waals surface area (Å²) in [6.07, 6.45) is 0. The molecule has 1 amide bonds. The lowest BCUT2D eigenvalue weighted by Gasteiger charge is -2.09. The van der Waals surface area contributed by atoms with Crippen LogP contribution >= 0.6 is 11.3 Å². The van der Waals surface area contributed by atoms with E-state index in [1.807, 2.05) is 36.4 Å². The van der Waals surface area contributed by atoms with Crippen molar-refractivity contribution in [1.29, 1.82) is 0 Å². The van der Waals surface area contributed by atoms with Gasteiger partial charge in [-0.05, 0) is 36.8 Å². The summed E-state index contributed by atoms with van der Waals surface area (Å²) >= 11 is 1.39. The molecule has 1 heterocycles. The summed E-state index contributed by atoms with van der Waals surface area (Å²) in [5.41, 5.74) is 1.95. The summed E-state index contributed by atoms with van der Waals surface area (Å²) in [6, 6.07) is 18.7. The fraction of sp³-hybridized carbons (Fsp3) is 0.217. The van der Waals surface area contributed by atoms with Crippen LogP contribution in [0.1, 0.15) is 50.9 Å². The van der Waals surface area contributed by atoms with Crippen LogP contribution in [-0.2, 0) is 4.74 Å². The Morgan fingerprint density at radius 2 is 1.83 bits per heavy atom. The molecule has 3 rings (SSSR count). The maximum atomic E-state index is 12.8. The number of carbonyl (C=O) groups is 2. The van der Waals surface area contributed by atoms with Gasteiger partial charge >= 0.3 is 5.97 Å². The van der Waals surface area contributed by atoms with Crippen LogP contribution < -0.4 is 10.1 Å². The zero-order chi connectivity index (χ0) is 20.8. The molecule has 0 aliphatic rings. The molecule has 5 nitrogen and oxygen atoms in total. The lowest BCUT2D eigenvalue weighted by Crippen LogP contribution is -2.14. The van der Waals surface area contributed by atoms with E-state index in [4.69, 9.17) is 9.47 Å². The van der Waals surface area contributed by atoms with Gasteiger partial charge in [-0.3, -0.25) is 4.79 Å². The topological polar surface area (TPSA) is 64.6 Å². The Kier molecular flexibility index (Phi) is 6.67. The van der Waals surface area contributed by atoms with Crippen LogP contribution in [0, 0.1) is 0 Å². The molecule has 0 fully saturated rings. The molecular weight excluding hydrogens is 386 g/mol. The highest BCUT2D eigenvalue weighted by Gasteiger charge is 2.22.